The van der Waals surface area contributed by atoms with E-state index in [2.05, 4.69) is 0 Å². The van der Waals surface area contributed by atoms with Gasteiger partial charge in [0.2, 0.25) is 0 Å². The molecule has 2 rings (SSSR count). The van der Waals surface area contributed by atoms with Crippen LogP contribution in [-0.2, 0) is 9.59 Å². The van der Waals surface area contributed by atoms with Crippen LogP contribution in [0.15, 0.2) is 23.1 Å². The lowest BCUT2D eigenvalue weighted by atomic mass is 10.1. The third kappa shape index (κ3) is 3.93. The van der Waals surface area contributed by atoms with Gasteiger partial charge in [0.15, 0.2) is 0 Å². The molecule has 23 heavy (non-hydrogen) atoms. The van der Waals surface area contributed by atoms with Crippen molar-refractivity contribution in [3.8, 4) is 0 Å². The zero-order valence-corrected chi connectivity index (χ0v) is 13.6. The van der Waals surface area contributed by atoms with E-state index in [4.69, 9.17) is 12.2 Å². The van der Waals surface area contributed by atoms with Gasteiger partial charge in [-0.05, 0) is 18.6 Å². The molecule has 0 saturated carbocycles. The Hall–Kier alpha value is -2.26. The summed E-state index contributed by atoms with van der Waals surface area (Å²) in [6.45, 7) is 1.57. The molecule has 1 fully saturated rings. The average molecular weight is 351 g/mol. The second-order valence-electron chi connectivity index (χ2n) is 4.76. The van der Waals surface area contributed by atoms with Crippen molar-refractivity contribution in [1.29, 1.82) is 0 Å². The van der Waals surface area contributed by atoms with Crippen molar-refractivity contribution in [3.63, 3.8) is 0 Å². The van der Waals surface area contributed by atoms with Gasteiger partial charge < -0.3 is 9.90 Å². The molecule has 0 aromatic heterocycles. The van der Waals surface area contributed by atoms with Crippen LogP contribution in [0.25, 0.3) is 6.08 Å². The number of benzene rings is 1. The SMILES string of the molecule is Cc1ccc(/C=C2\SC(=S)N(CCC(=O)[O-])C2=O)cc1[N+](=O)[O-]. The zero-order chi connectivity index (χ0) is 17.1. The Morgan fingerprint density at radius 1 is 1.48 bits per heavy atom. The van der Waals surface area contributed by atoms with Gasteiger partial charge in [0, 0.05) is 30.6 Å². The number of nitro benzene ring substituents is 1. The fourth-order valence-corrected chi connectivity index (χ4v) is 3.27. The van der Waals surface area contributed by atoms with E-state index in [1.807, 2.05) is 0 Å². The number of hydrogen-bond acceptors (Lipinski definition) is 7. The highest BCUT2D eigenvalue weighted by Gasteiger charge is 2.31. The van der Waals surface area contributed by atoms with Gasteiger partial charge in [0.25, 0.3) is 11.6 Å². The van der Waals surface area contributed by atoms with Crippen LogP contribution in [0, 0.1) is 17.0 Å². The summed E-state index contributed by atoms with van der Waals surface area (Å²) in [6.07, 6.45) is 1.19. The molecule has 0 N–H and O–H groups in total. The van der Waals surface area contributed by atoms with Crippen LogP contribution in [0.1, 0.15) is 17.5 Å². The molecule has 1 aliphatic rings. The van der Waals surface area contributed by atoms with Crippen LogP contribution >= 0.6 is 24.0 Å². The van der Waals surface area contributed by atoms with Gasteiger partial charge in [-0.3, -0.25) is 19.8 Å². The monoisotopic (exact) mass is 351 g/mol. The number of aryl methyl sites for hydroxylation is 1. The average Bonchev–Trinajstić information content (AvgIpc) is 2.73. The highest BCUT2D eigenvalue weighted by Crippen LogP contribution is 2.33. The summed E-state index contributed by atoms with van der Waals surface area (Å²) >= 11 is 6.09. The number of carboxylic acid groups (broad SMARTS) is 1. The maximum Gasteiger partial charge on any atom is 0.272 e. The van der Waals surface area contributed by atoms with E-state index in [1.165, 1.54) is 17.0 Å². The Bertz CT molecular complexity index is 745. The van der Waals surface area contributed by atoms with E-state index < -0.39 is 16.8 Å². The quantitative estimate of drug-likeness (QED) is 0.340. The van der Waals surface area contributed by atoms with Crippen LogP contribution in [0.2, 0.25) is 0 Å². The smallest absolute Gasteiger partial charge is 0.272 e. The molecule has 1 aromatic rings. The summed E-state index contributed by atoms with van der Waals surface area (Å²) in [4.78, 5) is 34.7. The van der Waals surface area contributed by atoms with Gasteiger partial charge in [-0.2, -0.15) is 0 Å². The third-order valence-corrected chi connectivity index (χ3v) is 4.52. The Balaban J connectivity index is 2.25. The standard InChI is InChI=1S/C14H12N2O5S2/c1-8-2-3-9(6-10(8)16(20)21)7-11-13(19)15(14(22)23-11)5-4-12(17)18/h2-3,6-7H,4-5H2,1H3,(H,17,18)/p-1/b11-7-. The Morgan fingerprint density at radius 2 is 2.17 bits per heavy atom. The van der Waals surface area contributed by atoms with Crippen molar-refractivity contribution in [2.75, 3.05) is 6.54 Å². The minimum Gasteiger partial charge on any atom is -0.550 e. The van der Waals surface area contributed by atoms with Crippen molar-refractivity contribution in [3.05, 3.63) is 44.3 Å². The molecule has 0 atom stereocenters. The number of aliphatic carboxylic acids is 1. The molecular weight excluding hydrogens is 340 g/mol. The maximum atomic E-state index is 12.2. The minimum absolute atomic E-state index is 0.0359. The Labute approximate surface area is 141 Å². The molecule has 7 nitrogen and oxygen atoms in total. The number of amides is 1. The Kier molecular flexibility index (Phi) is 5.12. The number of nitrogens with zero attached hydrogens (tertiary/aromatic N) is 2. The van der Waals surface area contributed by atoms with Gasteiger partial charge >= 0.3 is 0 Å². The molecule has 0 unspecified atom stereocenters. The third-order valence-electron chi connectivity index (χ3n) is 3.14. The van der Waals surface area contributed by atoms with Crippen molar-refractivity contribution in [1.82, 2.24) is 4.90 Å². The van der Waals surface area contributed by atoms with Gasteiger partial charge in [-0.15, -0.1) is 0 Å². The molecule has 0 bridgehead atoms. The first-order valence-corrected chi connectivity index (χ1v) is 7.72. The molecule has 0 spiro atoms. The molecule has 9 heteroatoms. The number of hydrogen-bond donors (Lipinski definition) is 0. The number of rotatable bonds is 5. The molecule has 1 aromatic carbocycles. The minimum atomic E-state index is -1.27. The van der Waals surface area contributed by atoms with E-state index in [0.717, 1.165) is 11.8 Å². The summed E-state index contributed by atoms with van der Waals surface area (Å²) < 4.78 is 0.254. The second kappa shape index (κ2) is 6.88. The van der Waals surface area contributed by atoms with Gasteiger partial charge in [-0.1, -0.05) is 36.1 Å². The normalized spacial score (nSPS) is 16.2. The fourth-order valence-electron chi connectivity index (χ4n) is 1.96. The lowest BCUT2D eigenvalue weighted by molar-refractivity contribution is -0.385. The van der Waals surface area contributed by atoms with Crippen molar-refractivity contribution >= 4 is 51.9 Å². The van der Waals surface area contributed by atoms with E-state index in [1.54, 1.807) is 19.1 Å². The van der Waals surface area contributed by atoms with Crippen LogP contribution < -0.4 is 5.11 Å². The molecule has 1 saturated heterocycles. The first kappa shape index (κ1) is 17.1. The summed E-state index contributed by atoms with van der Waals surface area (Å²) in [5, 5.41) is 21.4. The molecule has 1 aliphatic heterocycles. The molecule has 120 valence electrons. The van der Waals surface area contributed by atoms with Crippen LogP contribution in [-0.4, -0.2) is 32.6 Å². The first-order chi connectivity index (χ1) is 10.8. The summed E-state index contributed by atoms with van der Waals surface area (Å²) in [5.74, 6) is -1.68. The van der Waals surface area contributed by atoms with Crippen LogP contribution in [0.3, 0.4) is 0 Å². The Morgan fingerprint density at radius 3 is 2.78 bits per heavy atom. The zero-order valence-electron chi connectivity index (χ0n) is 12.0. The largest absolute Gasteiger partial charge is 0.550 e. The van der Waals surface area contributed by atoms with Crippen molar-refractivity contribution < 1.29 is 19.6 Å². The number of carboxylic acids is 1. The van der Waals surface area contributed by atoms with E-state index in [-0.39, 0.29) is 23.0 Å². The highest BCUT2D eigenvalue weighted by molar-refractivity contribution is 8.26. The van der Waals surface area contributed by atoms with Crippen LogP contribution in [0.4, 0.5) is 5.69 Å². The maximum absolute atomic E-state index is 12.2. The number of nitro groups is 1. The van der Waals surface area contributed by atoms with Gasteiger partial charge in [0.1, 0.15) is 4.32 Å². The highest BCUT2D eigenvalue weighted by atomic mass is 32.2. The summed E-state index contributed by atoms with van der Waals surface area (Å²) in [7, 11) is 0. The van der Waals surface area contributed by atoms with Gasteiger partial charge in [-0.25, -0.2) is 0 Å². The lowest BCUT2D eigenvalue weighted by Crippen LogP contribution is -2.33. The fraction of sp³-hybridized carbons (Fsp3) is 0.214. The van der Waals surface area contributed by atoms with Crippen molar-refractivity contribution in [2.24, 2.45) is 0 Å². The molecular formula is C14H11N2O5S2-. The summed E-state index contributed by atoms with van der Waals surface area (Å²) in [5.41, 5.74) is 0.988. The number of carbonyl (C=O) groups is 2. The molecule has 0 aliphatic carbocycles. The van der Waals surface area contributed by atoms with Gasteiger partial charge in [0.05, 0.1) is 9.83 Å². The number of carbonyl (C=O) groups excluding carboxylic acids is 2. The predicted molar refractivity (Wildman–Crippen MR) is 87.3 cm³/mol. The molecule has 0 radical (unpaired) electrons. The summed E-state index contributed by atoms with van der Waals surface area (Å²) in [6, 6.07) is 4.64. The predicted octanol–water partition coefficient (Wildman–Crippen LogP) is 1.24. The number of thioether (sulfide) groups is 1. The lowest BCUT2D eigenvalue weighted by Gasteiger charge is -2.14. The van der Waals surface area contributed by atoms with Crippen molar-refractivity contribution in [2.45, 2.75) is 13.3 Å². The van der Waals surface area contributed by atoms with Crippen LogP contribution in [0.5, 0.6) is 0 Å². The first-order valence-electron chi connectivity index (χ1n) is 6.50. The topological polar surface area (TPSA) is 104 Å². The second-order valence-corrected chi connectivity index (χ2v) is 6.43. The van der Waals surface area contributed by atoms with E-state index in [0.29, 0.717) is 16.0 Å². The molecule has 1 heterocycles. The molecule has 1 amide bonds. The number of thiocarbonyl (C=S) groups is 1. The van der Waals surface area contributed by atoms with E-state index in [9.17, 15) is 24.8 Å². The van der Waals surface area contributed by atoms with E-state index >= 15 is 0 Å².